The van der Waals surface area contributed by atoms with Crippen LogP contribution in [0, 0.1) is 0 Å². The van der Waals surface area contributed by atoms with Crippen LogP contribution in [0.1, 0.15) is 41.7 Å². The summed E-state index contributed by atoms with van der Waals surface area (Å²) in [6.07, 6.45) is 2.28. The van der Waals surface area contributed by atoms with Crippen molar-refractivity contribution in [2.75, 3.05) is 13.2 Å². The van der Waals surface area contributed by atoms with Crippen LogP contribution in [0.4, 0.5) is 0 Å². The van der Waals surface area contributed by atoms with E-state index in [4.69, 9.17) is 4.74 Å². The maximum absolute atomic E-state index is 12.1. The molecular weight excluding hydrogens is 306 g/mol. The summed E-state index contributed by atoms with van der Waals surface area (Å²) in [5.41, 5.74) is 1.38. The molecule has 1 aromatic carbocycles. The first-order chi connectivity index (χ1) is 11.7. The van der Waals surface area contributed by atoms with Crippen molar-refractivity contribution in [1.29, 1.82) is 0 Å². The lowest BCUT2D eigenvalue weighted by Crippen LogP contribution is -2.32. The lowest BCUT2D eigenvalue weighted by molar-refractivity contribution is 0.0951. The predicted octanol–water partition coefficient (Wildman–Crippen LogP) is 1.95. The van der Waals surface area contributed by atoms with Gasteiger partial charge in [0.1, 0.15) is 5.75 Å². The van der Waals surface area contributed by atoms with Gasteiger partial charge in [-0.1, -0.05) is 0 Å². The van der Waals surface area contributed by atoms with E-state index in [1.807, 2.05) is 6.92 Å². The van der Waals surface area contributed by atoms with Gasteiger partial charge < -0.3 is 10.1 Å². The van der Waals surface area contributed by atoms with Crippen molar-refractivity contribution < 1.29 is 9.53 Å². The quantitative estimate of drug-likeness (QED) is 0.843. The fourth-order valence-electron chi connectivity index (χ4n) is 2.47. The summed E-state index contributed by atoms with van der Waals surface area (Å²) in [5.74, 6) is 1.06. The third-order valence-corrected chi connectivity index (χ3v) is 3.92. The second kappa shape index (κ2) is 7.29. The molecule has 1 amide bonds. The summed E-state index contributed by atoms with van der Waals surface area (Å²) < 4.78 is 6.77. The standard InChI is InChI=1S/C18H21N3O3/c1-2-24-15-7-5-14(6-8-15)18(23)19-11-12-21-17(22)10-9-16(20-21)13-3-4-13/h5-10,13H,2-4,11-12H2,1H3,(H,19,23). The smallest absolute Gasteiger partial charge is 0.266 e. The Balaban J connectivity index is 1.55. The number of hydrogen-bond donors (Lipinski definition) is 1. The van der Waals surface area contributed by atoms with Crippen molar-refractivity contribution in [2.24, 2.45) is 0 Å². The van der Waals surface area contributed by atoms with Crippen LogP contribution in [0.25, 0.3) is 0 Å². The lowest BCUT2D eigenvalue weighted by Gasteiger charge is -2.09. The first kappa shape index (κ1) is 16.2. The average molecular weight is 327 g/mol. The number of benzene rings is 1. The van der Waals surface area contributed by atoms with Crippen molar-refractivity contribution in [2.45, 2.75) is 32.2 Å². The molecule has 24 heavy (non-hydrogen) atoms. The molecule has 2 aromatic rings. The zero-order valence-corrected chi connectivity index (χ0v) is 13.7. The van der Waals surface area contributed by atoms with Crippen LogP contribution >= 0.6 is 0 Å². The molecule has 0 bridgehead atoms. The zero-order valence-electron chi connectivity index (χ0n) is 13.7. The Morgan fingerprint density at radius 1 is 1.25 bits per heavy atom. The highest BCUT2D eigenvalue weighted by molar-refractivity contribution is 5.94. The normalized spacial score (nSPS) is 13.5. The van der Waals surface area contributed by atoms with Crippen LogP contribution < -0.4 is 15.6 Å². The number of ether oxygens (including phenoxy) is 1. The number of nitrogens with zero attached hydrogens (tertiary/aromatic N) is 2. The van der Waals surface area contributed by atoms with Gasteiger partial charge in [-0.05, 0) is 50.1 Å². The van der Waals surface area contributed by atoms with Crippen LogP contribution in [-0.2, 0) is 6.54 Å². The Hall–Kier alpha value is -2.63. The highest BCUT2D eigenvalue weighted by Crippen LogP contribution is 2.38. The molecule has 1 aliphatic rings. The third kappa shape index (κ3) is 4.01. The first-order valence-corrected chi connectivity index (χ1v) is 8.26. The van der Waals surface area contributed by atoms with Crippen molar-refractivity contribution in [1.82, 2.24) is 15.1 Å². The molecule has 0 radical (unpaired) electrons. The first-order valence-electron chi connectivity index (χ1n) is 8.26. The Bertz CT molecular complexity index is 764. The number of nitrogens with one attached hydrogen (secondary N) is 1. The molecule has 0 aliphatic heterocycles. The van der Waals surface area contributed by atoms with Gasteiger partial charge in [-0.15, -0.1) is 0 Å². The Labute approximate surface area is 140 Å². The van der Waals surface area contributed by atoms with Crippen LogP contribution in [0.15, 0.2) is 41.2 Å². The highest BCUT2D eigenvalue weighted by Gasteiger charge is 2.25. The van der Waals surface area contributed by atoms with Gasteiger partial charge in [-0.2, -0.15) is 5.10 Å². The fraction of sp³-hybridized carbons (Fsp3) is 0.389. The molecule has 3 rings (SSSR count). The van der Waals surface area contributed by atoms with E-state index < -0.39 is 0 Å². The molecule has 0 saturated heterocycles. The van der Waals surface area contributed by atoms with Gasteiger partial charge in [0.2, 0.25) is 0 Å². The summed E-state index contributed by atoms with van der Waals surface area (Å²) in [6, 6.07) is 10.3. The van der Waals surface area contributed by atoms with E-state index in [-0.39, 0.29) is 11.5 Å². The summed E-state index contributed by atoms with van der Waals surface area (Å²) in [6.45, 7) is 3.22. The van der Waals surface area contributed by atoms with E-state index in [1.54, 1.807) is 36.4 Å². The van der Waals surface area contributed by atoms with E-state index in [9.17, 15) is 9.59 Å². The summed E-state index contributed by atoms with van der Waals surface area (Å²) >= 11 is 0. The molecule has 1 heterocycles. The minimum Gasteiger partial charge on any atom is -0.494 e. The van der Waals surface area contributed by atoms with Crippen molar-refractivity contribution >= 4 is 5.91 Å². The van der Waals surface area contributed by atoms with Gasteiger partial charge in [0.15, 0.2) is 0 Å². The fourth-order valence-corrected chi connectivity index (χ4v) is 2.47. The number of carbonyl (C=O) groups excluding carboxylic acids is 1. The number of aromatic nitrogens is 2. The Morgan fingerprint density at radius 3 is 2.67 bits per heavy atom. The van der Waals surface area contributed by atoms with Crippen LogP contribution in [0.3, 0.4) is 0 Å². The predicted molar refractivity (Wildman–Crippen MR) is 90.4 cm³/mol. The summed E-state index contributed by atoms with van der Waals surface area (Å²) in [5, 5.41) is 7.18. The largest absolute Gasteiger partial charge is 0.494 e. The molecular formula is C18H21N3O3. The average Bonchev–Trinajstić information content (AvgIpc) is 3.42. The van der Waals surface area contributed by atoms with E-state index in [0.29, 0.717) is 31.2 Å². The Morgan fingerprint density at radius 2 is 2.00 bits per heavy atom. The molecule has 6 nitrogen and oxygen atoms in total. The van der Waals surface area contributed by atoms with Crippen molar-refractivity contribution in [3.05, 3.63) is 58.0 Å². The maximum Gasteiger partial charge on any atom is 0.266 e. The lowest BCUT2D eigenvalue weighted by atomic mass is 10.2. The highest BCUT2D eigenvalue weighted by atomic mass is 16.5. The second-order valence-corrected chi connectivity index (χ2v) is 5.81. The number of carbonyl (C=O) groups is 1. The van der Waals surface area contributed by atoms with E-state index >= 15 is 0 Å². The zero-order chi connectivity index (χ0) is 16.9. The third-order valence-electron chi connectivity index (χ3n) is 3.92. The van der Waals surface area contributed by atoms with Gasteiger partial charge in [0, 0.05) is 24.1 Å². The van der Waals surface area contributed by atoms with Crippen LogP contribution in [0.5, 0.6) is 5.75 Å². The second-order valence-electron chi connectivity index (χ2n) is 5.81. The number of amides is 1. The molecule has 6 heteroatoms. The molecule has 0 spiro atoms. The van der Waals surface area contributed by atoms with Crippen molar-refractivity contribution in [3.63, 3.8) is 0 Å². The monoisotopic (exact) mass is 327 g/mol. The number of rotatable bonds is 7. The Kier molecular flexibility index (Phi) is 4.93. The van der Waals surface area contributed by atoms with Gasteiger partial charge in [-0.25, -0.2) is 4.68 Å². The molecule has 1 aliphatic carbocycles. The minimum atomic E-state index is -0.176. The topological polar surface area (TPSA) is 73.2 Å². The molecule has 0 unspecified atom stereocenters. The molecule has 126 valence electrons. The van der Waals surface area contributed by atoms with Gasteiger partial charge >= 0.3 is 0 Å². The van der Waals surface area contributed by atoms with E-state index in [0.717, 1.165) is 24.3 Å². The van der Waals surface area contributed by atoms with Crippen LogP contribution in [0.2, 0.25) is 0 Å². The molecule has 1 saturated carbocycles. The van der Waals surface area contributed by atoms with Crippen molar-refractivity contribution in [3.8, 4) is 5.75 Å². The van der Waals surface area contributed by atoms with Gasteiger partial charge in [0.05, 0.1) is 18.8 Å². The van der Waals surface area contributed by atoms with Crippen LogP contribution in [-0.4, -0.2) is 28.8 Å². The minimum absolute atomic E-state index is 0.144. The molecule has 0 atom stereocenters. The van der Waals surface area contributed by atoms with E-state index in [1.165, 1.54) is 4.68 Å². The number of hydrogen-bond acceptors (Lipinski definition) is 4. The molecule has 1 fully saturated rings. The molecule has 1 aromatic heterocycles. The van der Waals surface area contributed by atoms with Gasteiger partial charge in [0.25, 0.3) is 11.5 Å². The maximum atomic E-state index is 12.1. The molecule has 1 N–H and O–H groups in total. The summed E-state index contributed by atoms with van der Waals surface area (Å²) in [4.78, 5) is 23.9. The van der Waals surface area contributed by atoms with E-state index in [2.05, 4.69) is 10.4 Å². The van der Waals surface area contributed by atoms with Gasteiger partial charge in [-0.3, -0.25) is 9.59 Å². The SMILES string of the molecule is CCOc1ccc(C(=O)NCCn2nc(C3CC3)ccc2=O)cc1. The summed E-state index contributed by atoms with van der Waals surface area (Å²) in [7, 11) is 0.